The van der Waals surface area contributed by atoms with Crippen molar-refractivity contribution in [2.75, 3.05) is 20.6 Å². The van der Waals surface area contributed by atoms with Crippen LogP contribution >= 0.6 is 0 Å². The van der Waals surface area contributed by atoms with E-state index in [1.54, 1.807) is 24.3 Å². The molecule has 0 fully saturated rings. The number of hydrogen-bond donors (Lipinski definition) is 2. The van der Waals surface area contributed by atoms with Crippen molar-refractivity contribution in [2.24, 2.45) is 0 Å². The molecule has 1 unspecified atom stereocenters. The molecule has 1 aromatic carbocycles. The standard InChI is InChI=1S/C13H22N2O3S/c1-11(15(2)3)8-14-19(17,18)10-13-6-4-5-12(7-13)9-16/h4-7,11,14,16H,8-10H2,1-3H3. The van der Waals surface area contributed by atoms with Crippen LogP contribution in [0.3, 0.4) is 0 Å². The van der Waals surface area contributed by atoms with Crippen LogP contribution in [-0.4, -0.2) is 45.1 Å². The summed E-state index contributed by atoms with van der Waals surface area (Å²) < 4.78 is 26.5. The van der Waals surface area contributed by atoms with E-state index in [1.165, 1.54) is 0 Å². The van der Waals surface area contributed by atoms with Crippen molar-refractivity contribution >= 4 is 10.0 Å². The molecule has 2 N–H and O–H groups in total. The van der Waals surface area contributed by atoms with Crippen LogP contribution < -0.4 is 4.72 Å². The van der Waals surface area contributed by atoms with Gasteiger partial charge in [0.1, 0.15) is 0 Å². The second-order valence-electron chi connectivity index (χ2n) is 4.90. The van der Waals surface area contributed by atoms with Crippen LogP contribution in [0.4, 0.5) is 0 Å². The second kappa shape index (κ2) is 7.00. The molecule has 0 saturated heterocycles. The molecule has 0 amide bonds. The molecule has 5 nitrogen and oxygen atoms in total. The Bertz CT molecular complexity index is 500. The largest absolute Gasteiger partial charge is 0.392 e. The molecule has 0 aliphatic carbocycles. The normalized spacial score (nSPS) is 13.7. The van der Waals surface area contributed by atoms with Crippen molar-refractivity contribution in [3.8, 4) is 0 Å². The number of nitrogens with zero attached hydrogens (tertiary/aromatic N) is 1. The van der Waals surface area contributed by atoms with E-state index >= 15 is 0 Å². The zero-order chi connectivity index (χ0) is 14.5. The highest BCUT2D eigenvalue weighted by molar-refractivity contribution is 7.88. The van der Waals surface area contributed by atoms with Crippen LogP contribution in [0.15, 0.2) is 24.3 Å². The van der Waals surface area contributed by atoms with Crippen molar-refractivity contribution in [3.05, 3.63) is 35.4 Å². The molecule has 0 radical (unpaired) electrons. The van der Waals surface area contributed by atoms with Gasteiger partial charge in [0.15, 0.2) is 0 Å². The number of nitrogens with one attached hydrogen (secondary N) is 1. The molecule has 0 aromatic heterocycles. The molecule has 0 aliphatic rings. The zero-order valence-electron chi connectivity index (χ0n) is 11.6. The van der Waals surface area contributed by atoms with Crippen molar-refractivity contribution in [2.45, 2.75) is 25.3 Å². The molecule has 1 aromatic rings. The molecule has 0 saturated carbocycles. The van der Waals surface area contributed by atoms with Crippen molar-refractivity contribution in [1.29, 1.82) is 0 Å². The minimum Gasteiger partial charge on any atom is -0.392 e. The van der Waals surface area contributed by atoms with Gasteiger partial charge in [-0.25, -0.2) is 13.1 Å². The van der Waals surface area contributed by atoms with Gasteiger partial charge in [-0.2, -0.15) is 0 Å². The summed E-state index contributed by atoms with van der Waals surface area (Å²) in [5.41, 5.74) is 1.39. The van der Waals surface area contributed by atoms with Gasteiger partial charge in [0, 0.05) is 12.6 Å². The third-order valence-corrected chi connectivity index (χ3v) is 4.33. The summed E-state index contributed by atoms with van der Waals surface area (Å²) in [5.74, 6) is -0.0685. The van der Waals surface area contributed by atoms with E-state index in [4.69, 9.17) is 5.11 Å². The lowest BCUT2D eigenvalue weighted by molar-refractivity contribution is 0.281. The first kappa shape index (κ1) is 16.1. The fourth-order valence-corrected chi connectivity index (χ4v) is 2.73. The lowest BCUT2D eigenvalue weighted by Gasteiger charge is -2.20. The molecule has 0 heterocycles. The maximum atomic E-state index is 11.9. The molecule has 0 bridgehead atoms. The van der Waals surface area contributed by atoms with E-state index in [1.807, 2.05) is 25.9 Å². The highest BCUT2D eigenvalue weighted by Gasteiger charge is 2.14. The molecule has 0 aliphatic heterocycles. The molecule has 19 heavy (non-hydrogen) atoms. The van der Waals surface area contributed by atoms with Crippen molar-refractivity contribution in [1.82, 2.24) is 9.62 Å². The van der Waals surface area contributed by atoms with Gasteiger partial charge in [-0.3, -0.25) is 0 Å². The van der Waals surface area contributed by atoms with E-state index in [2.05, 4.69) is 4.72 Å². The number of benzene rings is 1. The number of hydrogen-bond acceptors (Lipinski definition) is 4. The van der Waals surface area contributed by atoms with E-state index in [0.717, 1.165) is 0 Å². The smallest absolute Gasteiger partial charge is 0.215 e. The quantitative estimate of drug-likeness (QED) is 0.768. The molecule has 0 spiro atoms. The van der Waals surface area contributed by atoms with Crippen LogP contribution in [-0.2, 0) is 22.4 Å². The van der Waals surface area contributed by atoms with Gasteiger partial charge in [0.25, 0.3) is 0 Å². The highest BCUT2D eigenvalue weighted by atomic mass is 32.2. The fourth-order valence-electron chi connectivity index (χ4n) is 1.52. The van der Waals surface area contributed by atoms with Crippen LogP contribution in [0.5, 0.6) is 0 Å². The lowest BCUT2D eigenvalue weighted by atomic mass is 10.1. The number of sulfonamides is 1. The average Bonchev–Trinajstić information content (AvgIpc) is 2.35. The molecular weight excluding hydrogens is 264 g/mol. The predicted molar refractivity (Wildman–Crippen MR) is 76.1 cm³/mol. The van der Waals surface area contributed by atoms with Crippen LogP contribution in [0.25, 0.3) is 0 Å². The highest BCUT2D eigenvalue weighted by Crippen LogP contribution is 2.08. The first-order valence-electron chi connectivity index (χ1n) is 6.16. The summed E-state index contributed by atoms with van der Waals surface area (Å²) in [6.07, 6.45) is 0. The molecular formula is C13H22N2O3S. The second-order valence-corrected chi connectivity index (χ2v) is 6.71. The van der Waals surface area contributed by atoms with Crippen molar-refractivity contribution in [3.63, 3.8) is 0 Å². The van der Waals surface area contributed by atoms with Crippen LogP contribution in [0.1, 0.15) is 18.1 Å². The monoisotopic (exact) mass is 286 g/mol. The molecule has 1 rings (SSSR count). The molecule has 1 atom stereocenters. The number of aliphatic hydroxyl groups is 1. The van der Waals surface area contributed by atoms with Gasteiger partial charge in [0.2, 0.25) is 10.0 Å². The van der Waals surface area contributed by atoms with E-state index in [9.17, 15) is 8.42 Å². The Morgan fingerprint density at radius 2 is 1.95 bits per heavy atom. The number of aliphatic hydroxyl groups excluding tert-OH is 1. The van der Waals surface area contributed by atoms with Gasteiger partial charge in [0.05, 0.1) is 12.4 Å². The first-order chi connectivity index (χ1) is 8.84. The van der Waals surface area contributed by atoms with Crippen LogP contribution in [0.2, 0.25) is 0 Å². The topological polar surface area (TPSA) is 69.6 Å². The lowest BCUT2D eigenvalue weighted by Crippen LogP contribution is -2.38. The Hall–Kier alpha value is -0.950. The maximum absolute atomic E-state index is 11.9. The third kappa shape index (κ3) is 5.69. The maximum Gasteiger partial charge on any atom is 0.215 e. The zero-order valence-corrected chi connectivity index (χ0v) is 12.4. The third-order valence-electron chi connectivity index (χ3n) is 3.01. The van der Waals surface area contributed by atoms with Gasteiger partial charge in [-0.15, -0.1) is 0 Å². The summed E-state index contributed by atoms with van der Waals surface area (Å²) in [5, 5.41) is 9.03. The molecule has 108 valence electrons. The summed E-state index contributed by atoms with van der Waals surface area (Å²) >= 11 is 0. The Labute approximate surface area is 115 Å². The minimum atomic E-state index is -3.35. The Balaban J connectivity index is 2.63. The SMILES string of the molecule is CC(CNS(=O)(=O)Cc1cccc(CO)c1)N(C)C. The summed E-state index contributed by atoms with van der Waals surface area (Å²) in [4.78, 5) is 1.95. The first-order valence-corrected chi connectivity index (χ1v) is 7.81. The molecule has 6 heteroatoms. The Morgan fingerprint density at radius 1 is 1.32 bits per heavy atom. The van der Waals surface area contributed by atoms with E-state index in [0.29, 0.717) is 17.7 Å². The summed E-state index contributed by atoms with van der Waals surface area (Å²) in [7, 11) is 0.466. The predicted octanol–water partition coefficient (Wildman–Crippen LogP) is 0.548. The van der Waals surface area contributed by atoms with E-state index in [-0.39, 0.29) is 18.4 Å². The van der Waals surface area contributed by atoms with Gasteiger partial charge in [-0.1, -0.05) is 24.3 Å². The summed E-state index contributed by atoms with van der Waals surface area (Å²) in [6.45, 7) is 2.25. The minimum absolute atomic E-state index is 0.0685. The number of likely N-dealkylation sites (N-methyl/N-ethyl adjacent to an activating group) is 1. The average molecular weight is 286 g/mol. The number of rotatable bonds is 7. The van der Waals surface area contributed by atoms with Crippen molar-refractivity contribution < 1.29 is 13.5 Å². The van der Waals surface area contributed by atoms with Gasteiger partial charge < -0.3 is 10.0 Å². The van der Waals surface area contributed by atoms with Gasteiger partial charge in [-0.05, 0) is 32.1 Å². The Morgan fingerprint density at radius 3 is 2.53 bits per heavy atom. The Kier molecular flexibility index (Phi) is 5.93. The summed E-state index contributed by atoms with van der Waals surface area (Å²) in [6, 6.07) is 7.09. The van der Waals surface area contributed by atoms with E-state index < -0.39 is 10.0 Å². The van der Waals surface area contributed by atoms with Crippen LogP contribution in [0, 0.1) is 0 Å². The fraction of sp³-hybridized carbons (Fsp3) is 0.538. The van der Waals surface area contributed by atoms with Gasteiger partial charge >= 0.3 is 0 Å².